The monoisotopic (exact) mass is 481 g/mol. The maximum absolute atomic E-state index is 12.6. The fraction of sp³-hybridized carbons (Fsp3) is 0.524. The number of aryl methyl sites for hydroxylation is 1. The molecule has 1 amide bonds. The van der Waals surface area contributed by atoms with Gasteiger partial charge in [0.25, 0.3) is 0 Å². The number of carbonyl (C=O) groups excluding carboxylic acids is 2. The molecule has 1 aromatic heterocycles. The molecule has 0 spiro atoms. The summed E-state index contributed by atoms with van der Waals surface area (Å²) in [7, 11) is -3.55. The van der Waals surface area contributed by atoms with E-state index in [1.54, 1.807) is 26.0 Å². The zero-order valence-corrected chi connectivity index (χ0v) is 20.6. The molecule has 0 radical (unpaired) electrons. The Morgan fingerprint density at radius 2 is 1.75 bits per heavy atom. The molecule has 1 aromatic carbocycles. The third-order valence-electron chi connectivity index (χ3n) is 4.91. The minimum absolute atomic E-state index is 0.0598. The van der Waals surface area contributed by atoms with E-state index in [-0.39, 0.29) is 22.3 Å². The minimum Gasteiger partial charge on any atom is -0.356 e. The van der Waals surface area contributed by atoms with Crippen molar-refractivity contribution in [3.8, 4) is 0 Å². The lowest BCUT2D eigenvalue weighted by Gasteiger charge is -2.18. The zero-order chi connectivity index (χ0) is 23.7. The highest BCUT2D eigenvalue weighted by molar-refractivity contribution is 7.99. The molecule has 0 saturated carbocycles. The van der Waals surface area contributed by atoms with E-state index < -0.39 is 10.0 Å². The molecule has 32 heavy (non-hydrogen) atoms. The average molecular weight is 482 g/mol. The molecule has 0 atom stereocenters. The smallest absolute Gasteiger partial charge is 0.243 e. The van der Waals surface area contributed by atoms with Gasteiger partial charge in [0, 0.05) is 45.1 Å². The summed E-state index contributed by atoms with van der Waals surface area (Å²) < 4.78 is 28.5. The van der Waals surface area contributed by atoms with Crippen LogP contribution in [0.4, 0.5) is 0 Å². The lowest BCUT2D eigenvalue weighted by molar-refractivity contribution is -0.118. The van der Waals surface area contributed by atoms with E-state index in [4.69, 9.17) is 0 Å². The summed E-state index contributed by atoms with van der Waals surface area (Å²) in [5, 5.41) is 11.8. The quantitative estimate of drug-likeness (QED) is 0.265. The van der Waals surface area contributed by atoms with E-state index in [9.17, 15) is 18.0 Å². The highest BCUT2D eigenvalue weighted by Gasteiger charge is 2.22. The Balaban J connectivity index is 2.00. The van der Waals surface area contributed by atoms with Crippen LogP contribution in [0.5, 0.6) is 0 Å². The molecule has 0 bridgehead atoms. The number of hydrogen-bond acceptors (Lipinski definition) is 7. The molecular formula is C21H31N5O4S2. The van der Waals surface area contributed by atoms with E-state index in [0.29, 0.717) is 43.3 Å². The van der Waals surface area contributed by atoms with Crippen LogP contribution in [0, 0.1) is 0 Å². The summed E-state index contributed by atoms with van der Waals surface area (Å²) in [6.45, 7) is 9.09. The summed E-state index contributed by atoms with van der Waals surface area (Å²) in [5.74, 6) is 0.820. The molecule has 2 rings (SSSR count). The van der Waals surface area contributed by atoms with Crippen LogP contribution in [0.3, 0.4) is 0 Å². The van der Waals surface area contributed by atoms with Gasteiger partial charge in [0.15, 0.2) is 10.9 Å². The van der Waals surface area contributed by atoms with E-state index in [2.05, 4.69) is 15.5 Å². The first-order chi connectivity index (χ1) is 15.2. The summed E-state index contributed by atoms with van der Waals surface area (Å²) in [5.41, 5.74) is 0.453. The summed E-state index contributed by atoms with van der Waals surface area (Å²) in [6.07, 6.45) is 1.43. The number of aromatic nitrogens is 3. The Bertz CT molecular complexity index is 1020. The van der Waals surface area contributed by atoms with Crippen molar-refractivity contribution in [2.24, 2.45) is 0 Å². The normalized spacial score (nSPS) is 11.7. The van der Waals surface area contributed by atoms with Crippen LogP contribution in [0.25, 0.3) is 0 Å². The topological polar surface area (TPSA) is 114 Å². The molecule has 0 aliphatic carbocycles. The van der Waals surface area contributed by atoms with Crippen molar-refractivity contribution in [1.29, 1.82) is 0 Å². The predicted molar refractivity (Wildman–Crippen MR) is 124 cm³/mol. The summed E-state index contributed by atoms with van der Waals surface area (Å²) in [6, 6.07) is 6.06. The van der Waals surface area contributed by atoms with Crippen LogP contribution in [-0.2, 0) is 27.8 Å². The number of rotatable bonds is 13. The van der Waals surface area contributed by atoms with E-state index in [0.717, 1.165) is 12.2 Å². The Hall–Kier alpha value is -2.24. The first kappa shape index (κ1) is 26.0. The highest BCUT2D eigenvalue weighted by atomic mass is 32.2. The number of nitrogens with zero attached hydrogens (tertiary/aromatic N) is 4. The predicted octanol–water partition coefficient (Wildman–Crippen LogP) is 2.37. The maximum Gasteiger partial charge on any atom is 0.243 e. The van der Waals surface area contributed by atoms with Gasteiger partial charge < -0.3 is 9.88 Å². The van der Waals surface area contributed by atoms with Crippen molar-refractivity contribution >= 4 is 33.5 Å². The highest BCUT2D eigenvalue weighted by Crippen LogP contribution is 2.21. The van der Waals surface area contributed by atoms with Gasteiger partial charge in [0.1, 0.15) is 5.82 Å². The van der Waals surface area contributed by atoms with Gasteiger partial charge >= 0.3 is 0 Å². The molecule has 0 unspecified atom stereocenters. The van der Waals surface area contributed by atoms with Gasteiger partial charge in [-0.15, -0.1) is 10.2 Å². The van der Waals surface area contributed by atoms with Crippen LogP contribution in [0.1, 0.15) is 50.3 Å². The van der Waals surface area contributed by atoms with E-state index >= 15 is 0 Å². The van der Waals surface area contributed by atoms with Crippen LogP contribution in [0.15, 0.2) is 34.3 Å². The van der Waals surface area contributed by atoms with Crippen LogP contribution < -0.4 is 5.32 Å². The Labute approximate surface area is 194 Å². The number of benzene rings is 1. The van der Waals surface area contributed by atoms with Crippen molar-refractivity contribution in [3.05, 3.63) is 35.7 Å². The molecule has 2 aromatic rings. The minimum atomic E-state index is -3.55. The lowest BCUT2D eigenvalue weighted by Crippen LogP contribution is -2.30. The van der Waals surface area contributed by atoms with Gasteiger partial charge in [-0.3, -0.25) is 9.59 Å². The molecule has 0 fully saturated rings. The first-order valence-corrected chi connectivity index (χ1v) is 13.1. The maximum atomic E-state index is 12.6. The van der Waals surface area contributed by atoms with Gasteiger partial charge in [-0.05, 0) is 25.5 Å². The van der Waals surface area contributed by atoms with E-state index in [1.807, 2.05) is 11.5 Å². The Kier molecular flexibility index (Phi) is 9.85. The number of Topliss-reactive ketones (excluding diaryl/α,β-unsaturated/α-hetero) is 1. The van der Waals surface area contributed by atoms with E-state index in [1.165, 1.54) is 35.1 Å². The zero-order valence-electron chi connectivity index (χ0n) is 19.0. The summed E-state index contributed by atoms with van der Waals surface area (Å²) in [4.78, 5) is 23.8. The third kappa shape index (κ3) is 6.63. The van der Waals surface area contributed by atoms with Crippen LogP contribution >= 0.6 is 11.8 Å². The fourth-order valence-electron chi connectivity index (χ4n) is 3.18. The molecule has 0 aliphatic rings. The van der Waals surface area contributed by atoms with Gasteiger partial charge in [-0.25, -0.2) is 8.42 Å². The van der Waals surface area contributed by atoms with Crippen molar-refractivity contribution in [2.75, 3.05) is 25.4 Å². The second-order valence-corrected chi connectivity index (χ2v) is 9.94. The molecule has 9 nitrogen and oxygen atoms in total. The first-order valence-electron chi connectivity index (χ1n) is 10.7. The number of nitrogens with one attached hydrogen (secondary N) is 1. The SMILES string of the molecule is CCN(CC)S(=O)(=O)c1ccc(C(=O)CSc2nnc(CCCNC(C)=O)n2CC)cc1. The van der Waals surface area contributed by atoms with Crippen molar-refractivity contribution < 1.29 is 18.0 Å². The van der Waals surface area contributed by atoms with Crippen molar-refractivity contribution in [1.82, 2.24) is 24.4 Å². The van der Waals surface area contributed by atoms with Gasteiger partial charge in [0.05, 0.1) is 10.6 Å². The number of hydrogen-bond donors (Lipinski definition) is 1. The molecular weight excluding hydrogens is 450 g/mol. The Morgan fingerprint density at radius 1 is 1.09 bits per heavy atom. The third-order valence-corrected chi connectivity index (χ3v) is 7.94. The van der Waals surface area contributed by atoms with Crippen molar-refractivity contribution in [2.45, 2.75) is 57.1 Å². The standard InChI is InChI=1S/C21H31N5O4S2/c1-5-25(6-2)32(29,30)18-12-10-17(11-13-18)19(28)15-31-21-24-23-20(26(21)7-3)9-8-14-22-16(4)27/h10-13H,5-9,14-15H2,1-4H3,(H,22,27). The van der Waals surface area contributed by atoms with Gasteiger partial charge in [-0.1, -0.05) is 37.7 Å². The summed E-state index contributed by atoms with van der Waals surface area (Å²) >= 11 is 1.30. The number of sulfonamides is 1. The van der Waals surface area contributed by atoms with Gasteiger partial charge in [0.2, 0.25) is 15.9 Å². The fourth-order valence-corrected chi connectivity index (χ4v) is 5.55. The Morgan fingerprint density at radius 3 is 2.31 bits per heavy atom. The molecule has 0 saturated heterocycles. The molecule has 11 heteroatoms. The van der Waals surface area contributed by atoms with Crippen molar-refractivity contribution in [3.63, 3.8) is 0 Å². The molecule has 0 aliphatic heterocycles. The molecule has 176 valence electrons. The molecule has 1 heterocycles. The number of thioether (sulfide) groups is 1. The van der Waals surface area contributed by atoms with Crippen LogP contribution in [-0.4, -0.2) is 64.6 Å². The molecule has 1 N–H and O–H groups in total. The number of ketones is 1. The lowest BCUT2D eigenvalue weighted by atomic mass is 10.1. The average Bonchev–Trinajstić information content (AvgIpc) is 3.17. The van der Waals surface area contributed by atoms with Gasteiger partial charge in [-0.2, -0.15) is 4.31 Å². The second-order valence-electron chi connectivity index (χ2n) is 7.06. The van der Waals surface area contributed by atoms with Crippen LogP contribution in [0.2, 0.25) is 0 Å². The second kappa shape index (κ2) is 12.1. The number of carbonyl (C=O) groups is 2. The largest absolute Gasteiger partial charge is 0.356 e. The number of amides is 1.